The number of anilines is 1. The van der Waals surface area contributed by atoms with E-state index < -0.39 is 33.7 Å². The minimum absolute atomic E-state index is 0.0299. The van der Waals surface area contributed by atoms with Crippen molar-refractivity contribution in [2.45, 2.75) is 37.6 Å². The van der Waals surface area contributed by atoms with E-state index in [-0.39, 0.29) is 11.6 Å². The lowest BCUT2D eigenvalue weighted by molar-refractivity contribution is -0.143. The number of sulfone groups is 1. The van der Waals surface area contributed by atoms with Gasteiger partial charge in [0.2, 0.25) is 0 Å². The molecule has 0 N–H and O–H groups in total. The van der Waals surface area contributed by atoms with Crippen molar-refractivity contribution in [3.63, 3.8) is 0 Å². The lowest BCUT2D eigenvalue weighted by Crippen LogP contribution is -2.45. The number of carbonyl (C=O) groups excluding carboxylic acids is 3. The zero-order valence-corrected chi connectivity index (χ0v) is 15.7. The fourth-order valence-electron chi connectivity index (χ4n) is 3.30. The number of imide groups is 2. The van der Waals surface area contributed by atoms with Gasteiger partial charge in [-0.2, -0.15) is 0 Å². The van der Waals surface area contributed by atoms with E-state index in [4.69, 9.17) is 0 Å². The molecule has 26 heavy (non-hydrogen) atoms. The average molecular weight is 379 g/mol. The summed E-state index contributed by atoms with van der Waals surface area (Å²) in [5, 5.41) is 0. The van der Waals surface area contributed by atoms with Crippen molar-refractivity contribution in [2.24, 2.45) is 0 Å². The van der Waals surface area contributed by atoms with E-state index in [0.717, 1.165) is 33.7 Å². The predicted molar refractivity (Wildman–Crippen MR) is 94.3 cm³/mol. The molecule has 1 aromatic carbocycles. The van der Waals surface area contributed by atoms with Crippen LogP contribution in [0.2, 0.25) is 0 Å². The van der Waals surface area contributed by atoms with Gasteiger partial charge >= 0.3 is 17.8 Å². The quantitative estimate of drug-likeness (QED) is 0.572. The van der Waals surface area contributed by atoms with Gasteiger partial charge in [0.25, 0.3) is 0 Å². The van der Waals surface area contributed by atoms with Crippen molar-refractivity contribution in [2.75, 3.05) is 24.4 Å². The summed E-state index contributed by atoms with van der Waals surface area (Å²) in [5.74, 6) is -1.64. The molecule has 0 spiro atoms. The van der Waals surface area contributed by atoms with Crippen molar-refractivity contribution in [3.05, 3.63) is 23.8 Å². The highest BCUT2D eigenvalue weighted by Gasteiger charge is 2.46. The SMILES string of the molecule is CC(C)N1C(=O)C(=O)N(CN2CCCc3cc(S(C)(=O)=O)ccc32)C1=O. The molecule has 0 radical (unpaired) electrons. The van der Waals surface area contributed by atoms with Gasteiger partial charge in [-0.25, -0.2) is 18.1 Å². The Bertz CT molecular complexity index is 894. The summed E-state index contributed by atoms with van der Waals surface area (Å²) in [5.41, 5.74) is 1.63. The Morgan fingerprint density at radius 2 is 1.81 bits per heavy atom. The third kappa shape index (κ3) is 3.07. The Morgan fingerprint density at radius 3 is 2.38 bits per heavy atom. The third-order valence-electron chi connectivity index (χ3n) is 4.61. The number of nitrogens with zero attached hydrogens (tertiary/aromatic N) is 3. The minimum Gasteiger partial charge on any atom is -0.353 e. The molecule has 140 valence electrons. The lowest BCUT2D eigenvalue weighted by atomic mass is 10.0. The van der Waals surface area contributed by atoms with Gasteiger partial charge in [0, 0.05) is 24.5 Å². The number of fused-ring (bicyclic) bond motifs is 1. The standard InChI is InChI=1S/C17H21N3O5S/c1-11(2)20-16(22)15(21)19(17(20)23)10-18-8-4-5-12-9-13(26(3,24)25)6-7-14(12)18/h6-7,9,11H,4-5,8,10H2,1-3H3. The molecule has 0 aliphatic carbocycles. The summed E-state index contributed by atoms with van der Waals surface area (Å²) in [6, 6.07) is 3.84. The smallest absolute Gasteiger partial charge is 0.335 e. The van der Waals surface area contributed by atoms with E-state index in [1.807, 2.05) is 4.90 Å². The number of rotatable bonds is 4. The number of aryl methyl sites for hydroxylation is 1. The zero-order valence-electron chi connectivity index (χ0n) is 14.9. The largest absolute Gasteiger partial charge is 0.353 e. The van der Waals surface area contributed by atoms with Crippen LogP contribution in [-0.2, 0) is 25.8 Å². The minimum atomic E-state index is -3.31. The maximum Gasteiger partial charge on any atom is 0.335 e. The summed E-state index contributed by atoms with van der Waals surface area (Å²) < 4.78 is 23.5. The van der Waals surface area contributed by atoms with Crippen LogP contribution in [0.5, 0.6) is 0 Å². The Morgan fingerprint density at radius 1 is 1.12 bits per heavy atom. The van der Waals surface area contributed by atoms with Crippen LogP contribution in [0, 0.1) is 0 Å². The number of amides is 4. The van der Waals surface area contributed by atoms with Crippen molar-refractivity contribution >= 4 is 33.4 Å². The first kappa shape index (κ1) is 18.4. The van der Waals surface area contributed by atoms with E-state index in [1.165, 1.54) is 6.07 Å². The Kier molecular flexibility index (Phi) is 4.51. The van der Waals surface area contributed by atoms with Gasteiger partial charge in [0.05, 0.1) is 4.90 Å². The molecule has 2 heterocycles. The van der Waals surface area contributed by atoms with Gasteiger partial charge in [-0.1, -0.05) is 0 Å². The first-order chi connectivity index (χ1) is 12.1. The molecular weight excluding hydrogens is 358 g/mol. The normalized spacial score (nSPS) is 18.2. The summed E-state index contributed by atoms with van der Waals surface area (Å²) in [6.07, 6.45) is 2.63. The van der Waals surface area contributed by atoms with Crippen molar-refractivity contribution in [3.8, 4) is 0 Å². The number of carbonyl (C=O) groups is 3. The summed E-state index contributed by atoms with van der Waals surface area (Å²) >= 11 is 0. The molecule has 0 aromatic heterocycles. The number of urea groups is 1. The second-order valence-electron chi connectivity index (χ2n) is 6.86. The molecule has 1 fully saturated rings. The first-order valence-corrected chi connectivity index (χ1v) is 10.3. The topological polar surface area (TPSA) is 95.1 Å². The number of benzene rings is 1. The maximum atomic E-state index is 12.4. The van der Waals surface area contributed by atoms with E-state index in [9.17, 15) is 22.8 Å². The van der Waals surface area contributed by atoms with E-state index in [1.54, 1.807) is 26.0 Å². The van der Waals surface area contributed by atoms with Crippen LogP contribution in [0.1, 0.15) is 25.8 Å². The molecule has 3 rings (SSSR count). The molecule has 2 aliphatic rings. The highest BCUT2D eigenvalue weighted by Crippen LogP contribution is 2.30. The molecule has 1 saturated heterocycles. The van der Waals surface area contributed by atoms with Crippen molar-refractivity contribution < 1.29 is 22.8 Å². The first-order valence-electron chi connectivity index (χ1n) is 8.38. The second kappa shape index (κ2) is 6.39. The number of hydrogen-bond acceptors (Lipinski definition) is 6. The molecule has 4 amide bonds. The third-order valence-corrected chi connectivity index (χ3v) is 5.72. The van der Waals surface area contributed by atoms with Crippen LogP contribution in [0.15, 0.2) is 23.1 Å². The van der Waals surface area contributed by atoms with Crippen LogP contribution >= 0.6 is 0 Å². The molecule has 0 saturated carbocycles. The van der Waals surface area contributed by atoms with Crippen LogP contribution in [0.3, 0.4) is 0 Å². The van der Waals surface area contributed by atoms with E-state index in [2.05, 4.69) is 0 Å². The fraction of sp³-hybridized carbons (Fsp3) is 0.471. The Balaban J connectivity index is 1.88. The summed E-state index contributed by atoms with van der Waals surface area (Å²) in [6.45, 7) is 3.93. The van der Waals surface area contributed by atoms with Gasteiger partial charge in [-0.3, -0.25) is 14.5 Å². The van der Waals surface area contributed by atoms with Gasteiger partial charge in [0.15, 0.2) is 9.84 Å². The van der Waals surface area contributed by atoms with E-state index in [0.29, 0.717) is 13.0 Å². The highest BCUT2D eigenvalue weighted by molar-refractivity contribution is 7.90. The lowest BCUT2D eigenvalue weighted by Gasteiger charge is -2.33. The maximum absolute atomic E-state index is 12.4. The molecule has 2 aliphatic heterocycles. The summed E-state index contributed by atoms with van der Waals surface area (Å²) in [4.78, 5) is 40.7. The second-order valence-corrected chi connectivity index (χ2v) is 8.87. The van der Waals surface area contributed by atoms with Crippen molar-refractivity contribution in [1.82, 2.24) is 9.80 Å². The van der Waals surface area contributed by atoms with Gasteiger partial charge < -0.3 is 4.90 Å². The molecule has 0 bridgehead atoms. The average Bonchev–Trinajstić information content (AvgIpc) is 2.77. The monoisotopic (exact) mass is 379 g/mol. The molecule has 9 heteroatoms. The Labute approximate surface area is 152 Å². The van der Waals surface area contributed by atoms with Crippen molar-refractivity contribution in [1.29, 1.82) is 0 Å². The van der Waals surface area contributed by atoms with Crippen LogP contribution in [0.4, 0.5) is 10.5 Å². The van der Waals surface area contributed by atoms with Gasteiger partial charge in [-0.15, -0.1) is 0 Å². The molecule has 8 nitrogen and oxygen atoms in total. The molecule has 0 atom stereocenters. The van der Waals surface area contributed by atoms with E-state index >= 15 is 0 Å². The van der Waals surface area contributed by atoms with Crippen LogP contribution < -0.4 is 4.90 Å². The van der Waals surface area contributed by atoms with Crippen LogP contribution in [-0.4, -0.2) is 61.6 Å². The Hall–Kier alpha value is -2.42. The fourth-order valence-corrected chi connectivity index (χ4v) is 3.97. The summed E-state index contributed by atoms with van der Waals surface area (Å²) in [7, 11) is -3.31. The van der Waals surface area contributed by atoms with Gasteiger partial charge in [0.1, 0.15) is 6.67 Å². The van der Waals surface area contributed by atoms with Crippen LogP contribution in [0.25, 0.3) is 0 Å². The van der Waals surface area contributed by atoms with Gasteiger partial charge in [-0.05, 0) is 50.5 Å². The predicted octanol–water partition coefficient (Wildman–Crippen LogP) is 0.999. The highest BCUT2D eigenvalue weighted by atomic mass is 32.2. The molecule has 0 unspecified atom stereocenters. The zero-order chi connectivity index (χ0) is 19.2. The number of hydrogen-bond donors (Lipinski definition) is 0. The molecular formula is C17H21N3O5S. The molecule has 1 aromatic rings.